The van der Waals surface area contributed by atoms with Gasteiger partial charge in [0.05, 0.1) is 0 Å². The molecule has 1 aromatic carbocycles. The van der Waals surface area contributed by atoms with Crippen LogP contribution >= 0.6 is 11.3 Å². The van der Waals surface area contributed by atoms with Crippen molar-refractivity contribution in [1.82, 2.24) is 19.2 Å². The van der Waals surface area contributed by atoms with Gasteiger partial charge in [0.1, 0.15) is 5.56 Å². The zero-order valence-corrected chi connectivity index (χ0v) is 17.1. The van der Waals surface area contributed by atoms with Gasteiger partial charge in [-0.05, 0) is 24.9 Å². The van der Waals surface area contributed by atoms with Crippen molar-refractivity contribution < 1.29 is 4.79 Å². The molecule has 0 aliphatic carbocycles. The van der Waals surface area contributed by atoms with E-state index < -0.39 is 0 Å². The summed E-state index contributed by atoms with van der Waals surface area (Å²) in [4.78, 5) is 36.6. The summed E-state index contributed by atoms with van der Waals surface area (Å²) in [5.41, 5.74) is 1.10. The normalized spacial score (nSPS) is 20.0. The lowest BCUT2D eigenvalue weighted by Crippen LogP contribution is -2.56. The first-order valence-corrected chi connectivity index (χ1v) is 11.1. The number of carbonyl (C=O) groups excluding carboxylic acids is 1. The second-order valence-electron chi connectivity index (χ2n) is 7.93. The average molecular weight is 409 g/mol. The molecule has 0 radical (unpaired) electrons. The number of aromatic nitrogens is 2. The SMILES string of the molecule is O=C(c1cnc2sc(Cc3ccccc3)cn2c1=O)N1CCN2CCCCC2C1. The van der Waals surface area contributed by atoms with E-state index in [4.69, 9.17) is 0 Å². The Kier molecular flexibility index (Phi) is 4.93. The second kappa shape index (κ2) is 7.72. The van der Waals surface area contributed by atoms with Gasteiger partial charge in [-0.15, -0.1) is 11.3 Å². The summed E-state index contributed by atoms with van der Waals surface area (Å²) in [6.07, 6.45) is 7.65. The molecule has 2 aromatic heterocycles. The molecule has 4 heterocycles. The van der Waals surface area contributed by atoms with E-state index in [1.807, 2.05) is 29.3 Å². The molecule has 3 aromatic rings. The van der Waals surface area contributed by atoms with Crippen molar-refractivity contribution in [2.24, 2.45) is 0 Å². The second-order valence-corrected chi connectivity index (χ2v) is 9.02. The third-order valence-corrected chi connectivity index (χ3v) is 7.03. The highest BCUT2D eigenvalue weighted by Crippen LogP contribution is 2.22. The molecule has 5 rings (SSSR count). The monoisotopic (exact) mass is 408 g/mol. The molecule has 2 saturated heterocycles. The van der Waals surface area contributed by atoms with Gasteiger partial charge in [0, 0.05) is 49.4 Å². The number of thiazole rings is 1. The summed E-state index contributed by atoms with van der Waals surface area (Å²) in [5, 5.41) is 0. The fourth-order valence-electron chi connectivity index (χ4n) is 4.47. The van der Waals surface area contributed by atoms with Crippen LogP contribution in [0.3, 0.4) is 0 Å². The first kappa shape index (κ1) is 18.5. The van der Waals surface area contributed by atoms with E-state index in [0.717, 1.165) is 30.8 Å². The van der Waals surface area contributed by atoms with Crippen LogP contribution in [0.5, 0.6) is 0 Å². The Balaban J connectivity index is 1.39. The van der Waals surface area contributed by atoms with Crippen LogP contribution in [0.2, 0.25) is 0 Å². The maximum Gasteiger partial charge on any atom is 0.271 e. The van der Waals surface area contributed by atoms with Gasteiger partial charge in [-0.3, -0.25) is 18.9 Å². The van der Waals surface area contributed by atoms with Crippen molar-refractivity contribution in [3.05, 3.63) is 69.1 Å². The Hall–Kier alpha value is -2.51. The summed E-state index contributed by atoms with van der Waals surface area (Å²) >= 11 is 1.50. The topological polar surface area (TPSA) is 57.9 Å². The molecule has 2 aliphatic rings. The molecule has 2 aliphatic heterocycles. The fourth-order valence-corrected chi connectivity index (χ4v) is 5.44. The summed E-state index contributed by atoms with van der Waals surface area (Å²) in [6.45, 7) is 3.42. The van der Waals surface area contributed by atoms with Crippen molar-refractivity contribution in [3.63, 3.8) is 0 Å². The number of nitrogens with zero attached hydrogens (tertiary/aromatic N) is 4. The highest BCUT2D eigenvalue weighted by Gasteiger charge is 2.32. The van der Waals surface area contributed by atoms with Crippen LogP contribution in [0.15, 0.2) is 47.5 Å². The van der Waals surface area contributed by atoms with Gasteiger partial charge in [-0.2, -0.15) is 0 Å². The maximum absolute atomic E-state index is 13.1. The highest BCUT2D eigenvalue weighted by molar-refractivity contribution is 7.17. The molecule has 0 N–H and O–H groups in total. The minimum atomic E-state index is -0.262. The first-order chi connectivity index (χ1) is 14.2. The number of piperazine rings is 1. The molecule has 29 heavy (non-hydrogen) atoms. The number of amides is 1. The van der Waals surface area contributed by atoms with E-state index in [9.17, 15) is 9.59 Å². The molecule has 7 heteroatoms. The lowest BCUT2D eigenvalue weighted by atomic mass is 9.99. The van der Waals surface area contributed by atoms with Crippen LogP contribution in [0.1, 0.15) is 40.1 Å². The fraction of sp³-hybridized carbons (Fsp3) is 0.409. The number of carbonyl (C=O) groups is 1. The van der Waals surface area contributed by atoms with E-state index in [-0.39, 0.29) is 17.0 Å². The van der Waals surface area contributed by atoms with E-state index in [0.29, 0.717) is 24.1 Å². The van der Waals surface area contributed by atoms with Gasteiger partial charge in [0.15, 0.2) is 4.96 Å². The summed E-state index contributed by atoms with van der Waals surface area (Å²) < 4.78 is 1.53. The number of fused-ring (bicyclic) bond motifs is 2. The van der Waals surface area contributed by atoms with Crippen LogP contribution in [-0.4, -0.2) is 57.3 Å². The summed E-state index contributed by atoms with van der Waals surface area (Å²) in [5.74, 6) is -0.182. The van der Waals surface area contributed by atoms with Gasteiger partial charge in [-0.1, -0.05) is 36.8 Å². The maximum atomic E-state index is 13.1. The average Bonchev–Trinajstić information content (AvgIpc) is 3.17. The van der Waals surface area contributed by atoms with Gasteiger partial charge in [-0.25, -0.2) is 4.98 Å². The molecule has 150 valence electrons. The van der Waals surface area contributed by atoms with E-state index >= 15 is 0 Å². The summed E-state index contributed by atoms with van der Waals surface area (Å²) in [6, 6.07) is 10.6. The molecule has 1 unspecified atom stereocenters. The minimum absolute atomic E-state index is 0.177. The van der Waals surface area contributed by atoms with Crippen molar-refractivity contribution in [3.8, 4) is 0 Å². The molecular formula is C22H24N4O2S. The van der Waals surface area contributed by atoms with Gasteiger partial charge in [0.2, 0.25) is 0 Å². The molecular weight excluding hydrogens is 384 g/mol. The van der Waals surface area contributed by atoms with E-state index in [1.165, 1.54) is 40.3 Å². The number of piperidine rings is 1. The first-order valence-electron chi connectivity index (χ1n) is 10.3. The zero-order valence-electron chi connectivity index (χ0n) is 16.3. The summed E-state index contributed by atoms with van der Waals surface area (Å²) in [7, 11) is 0. The van der Waals surface area contributed by atoms with Gasteiger partial charge in [0.25, 0.3) is 11.5 Å². The quantitative estimate of drug-likeness (QED) is 0.669. The molecule has 0 bridgehead atoms. The van der Waals surface area contributed by atoms with Gasteiger partial charge >= 0.3 is 0 Å². The molecule has 2 fully saturated rings. The van der Waals surface area contributed by atoms with Crippen LogP contribution in [0.4, 0.5) is 0 Å². The Morgan fingerprint density at radius 1 is 1.14 bits per heavy atom. The number of benzene rings is 1. The van der Waals surface area contributed by atoms with E-state index in [1.54, 1.807) is 0 Å². The minimum Gasteiger partial charge on any atom is -0.336 e. The number of hydrogen-bond donors (Lipinski definition) is 0. The molecule has 1 amide bonds. The number of hydrogen-bond acceptors (Lipinski definition) is 5. The molecule has 6 nitrogen and oxygen atoms in total. The van der Waals surface area contributed by atoms with Crippen LogP contribution in [0, 0.1) is 0 Å². The van der Waals surface area contributed by atoms with Crippen LogP contribution in [-0.2, 0) is 6.42 Å². The Morgan fingerprint density at radius 3 is 2.86 bits per heavy atom. The highest BCUT2D eigenvalue weighted by atomic mass is 32.1. The molecule has 0 spiro atoms. The standard InChI is InChI=1S/C22H24N4O2S/c27-20(25-11-10-24-9-5-4-8-17(24)14-25)19-13-23-22-26(21(19)28)15-18(29-22)12-16-6-2-1-3-7-16/h1-3,6-7,13,15,17H,4-5,8-12,14H2. The predicted molar refractivity (Wildman–Crippen MR) is 114 cm³/mol. The van der Waals surface area contributed by atoms with Crippen molar-refractivity contribution in [2.45, 2.75) is 31.7 Å². The van der Waals surface area contributed by atoms with Gasteiger partial charge < -0.3 is 4.90 Å². The van der Waals surface area contributed by atoms with Crippen LogP contribution in [0.25, 0.3) is 4.96 Å². The van der Waals surface area contributed by atoms with E-state index in [2.05, 4.69) is 22.0 Å². The third-order valence-electron chi connectivity index (χ3n) is 6.03. The third kappa shape index (κ3) is 3.60. The van der Waals surface area contributed by atoms with Crippen LogP contribution < -0.4 is 5.56 Å². The largest absolute Gasteiger partial charge is 0.336 e. The lowest BCUT2D eigenvalue weighted by Gasteiger charge is -2.43. The Labute approximate surface area is 173 Å². The molecule has 0 saturated carbocycles. The molecule has 1 atom stereocenters. The van der Waals surface area contributed by atoms with Crippen molar-refractivity contribution in [2.75, 3.05) is 26.2 Å². The smallest absolute Gasteiger partial charge is 0.271 e. The van der Waals surface area contributed by atoms with Crippen molar-refractivity contribution >= 4 is 22.2 Å². The zero-order chi connectivity index (χ0) is 19.8. The number of rotatable bonds is 3. The van der Waals surface area contributed by atoms with Crippen molar-refractivity contribution in [1.29, 1.82) is 0 Å². The Bertz CT molecular complexity index is 1090. The Morgan fingerprint density at radius 2 is 2.00 bits per heavy atom. The predicted octanol–water partition coefficient (Wildman–Crippen LogP) is 2.66. The lowest BCUT2D eigenvalue weighted by molar-refractivity contribution is 0.0371.